The van der Waals surface area contributed by atoms with Gasteiger partial charge in [-0.3, -0.25) is 4.79 Å². The third-order valence-corrected chi connectivity index (χ3v) is 4.04. The summed E-state index contributed by atoms with van der Waals surface area (Å²) in [5.41, 5.74) is 0.619. The van der Waals surface area contributed by atoms with Gasteiger partial charge in [0.25, 0.3) is 5.91 Å². The van der Waals surface area contributed by atoms with Crippen LogP contribution in [0, 0.1) is 0 Å². The summed E-state index contributed by atoms with van der Waals surface area (Å²) in [7, 11) is 1.60. The molecule has 1 N–H and O–H groups in total. The predicted molar refractivity (Wildman–Crippen MR) is 98.0 cm³/mol. The maximum atomic E-state index is 12.2. The van der Waals surface area contributed by atoms with Crippen LogP contribution < -0.4 is 19.5 Å². The van der Waals surface area contributed by atoms with Crippen LogP contribution in [0.25, 0.3) is 0 Å². The summed E-state index contributed by atoms with van der Waals surface area (Å²) in [6.45, 7) is 1.18. The Balaban J connectivity index is 1.51. The van der Waals surface area contributed by atoms with Gasteiger partial charge in [-0.1, -0.05) is 12.1 Å². The molecule has 0 unspecified atom stereocenters. The van der Waals surface area contributed by atoms with Crippen molar-refractivity contribution in [2.75, 3.05) is 32.2 Å². The van der Waals surface area contributed by atoms with E-state index in [0.29, 0.717) is 23.8 Å². The molecule has 0 bridgehead atoms. The molecule has 1 saturated heterocycles. The molecule has 1 atom stereocenters. The smallest absolute Gasteiger partial charge is 0.262 e. The van der Waals surface area contributed by atoms with E-state index in [2.05, 4.69) is 5.32 Å². The fourth-order valence-electron chi connectivity index (χ4n) is 2.66. The number of carbonyl (C=O) groups excluding carboxylic acids is 1. The highest BCUT2D eigenvalue weighted by Crippen LogP contribution is 2.25. The zero-order valence-electron chi connectivity index (χ0n) is 14.8. The number of para-hydroxylation sites is 2. The molecule has 3 rings (SSSR count). The Kier molecular flexibility index (Phi) is 6.33. The molecule has 1 heterocycles. The standard InChI is InChI=1S/C20H23NO5/c1-23-15-8-10-16(11-9-15)25-14-20(22)21-18-6-2-3-7-19(18)26-13-17-5-4-12-24-17/h2-3,6-11,17H,4-5,12-14H2,1H3,(H,21,22)/t17-/m0/s1. The molecule has 26 heavy (non-hydrogen) atoms. The van der Waals surface area contributed by atoms with Gasteiger partial charge in [0.2, 0.25) is 0 Å². The van der Waals surface area contributed by atoms with Crippen molar-refractivity contribution in [3.05, 3.63) is 48.5 Å². The number of rotatable bonds is 8. The van der Waals surface area contributed by atoms with Gasteiger partial charge in [-0.15, -0.1) is 0 Å². The molecule has 0 saturated carbocycles. The average molecular weight is 357 g/mol. The first-order valence-corrected chi connectivity index (χ1v) is 8.65. The molecule has 1 aliphatic rings. The van der Waals surface area contributed by atoms with E-state index in [9.17, 15) is 4.79 Å². The van der Waals surface area contributed by atoms with Crippen LogP contribution in [-0.2, 0) is 9.53 Å². The zero-order valence-corrected chi connectivity index (χ0v) is 14.8. The number of nitrogens with one attached hydrogen (secondary N) is 1. The summed E-state index contributed by atoms with van der Waals surface area (Å²) in [4.78, 5) is 12.2. The van der Waals surface area contributed by atoms with Crippen molar-refractivity contribution in [2.45, 2.75) is 18.9 Å². The van der Waals surface area contributed by atoms with E-state index in [0.717, 1.165) is 25.2 Å². The van der Waals surface area contributed by atoms with Crippen LogP contribution in [0.1, 0.15) is 12.8 Å². The van der Waals surface area contributed by atoms with Crippen molar-refractivity contribution < 1.29 is 23.7 Å². The van der Waals surface area contributed by atoms with E-state index >= 15 is 0 Å². The van der Waals surface area contributed by atoms with E-state index in [4.69, 9.17) is 18.9 Å². The Morgan fingerprint density at radius 3 is 2.62 bits per heavy atom. The van der Waals surface area contributed by atoms with Crippen LogP contribution in [0.2, 0.25) is 0 Å². The van der Waals surface area contributed by atoms with E-state index in [-0.39, 0.29) is 18.6 Å². The Bertz CT molecular complexity index is 710. The maximum Gasteiger partial charge on any atom is 0.262 e. The van der Waals surface area contributed by atoms with Gasteiger partial charge in [0, 0.05) is 6.61 Å². The third-order valence-electron chi connectivity index (χ3n) is 4.04. The lowest BCUT2D eigenvalue weighted by molar-refractivity contribution is -0.118. The number of hydrogen-bond donors (Lipinski definition) is 1. The van der Waals surface area contributed by atoms with Gasteiger partial charge in [0.05, 0.1) is 18.9 Å². The number of amides is 1. The van der Waals surface area contributed by atoms with E-state index < -0.39 is 0 Å². The zero-order chi connectivity index (χ0) is 18.2. The molecule has 1 aliphatic heterocycles. The Labute approximate surface area is 153 Å². The molecular weight excluding hydrogens is 334 g/mol. The van der Waals surface area contributed by atoms with Gasteiger partial charge in [-0.2, -0.15) is 0 Å². The summed E-state index contributed by atoms with van der Waals surface area (Å²) < 4.78 is 22.0. The molecule has 0 spiro atoms. The SMILES string of the molecule is COc1ccc(OCC(=O)Nc2ccccc2OC[C@@H]2CCCO2)cc1. The minimum absolute atomic E-state index is 0.0909. The lowest BCUT2D eigenvalue weighted by atomic mass is 10.2. The second kappa shape index (κ2) is 9.10. The Morgan fingerprint density at radius 1 is 1.12 bits per heavy atom. The summed E-state index contributed by atoms with van der Waals surface area (Å²) in [6, 6.07) is 14.4. The first-order chi connectivity index (χ1) is 12.7. The van der Waals surface area contributed by atoms with E-state index in [1.165, 1.54) is 0 Å². The average Bonchev–Trinajstić information content (AvgIpc) is 3.20. The van der Waals surface area contributed by atoms with Gasteiger partial charge in [-0.05, 0) is 49.2 Å². The van der Waals surface area contributed by atoms with Crippen LogP contribution in [0.15, 0.2) is 48.5 Å². The van der Waals surface area contributed by atoms with Crippen LogP contribution in [0.5, 0.6) is 17.2 Å². The topological polar surface area (TPSA) is 66.0 Å². The Morgan fingerprint density at radius 2 is 1.88 bits per heavy atom. The largest absolute Gasteiger partial charge is 0.497 e. The third kappa shape index (κ3) is 5.13. The Hall–Kier alpha value is -2.73. The predicted octanol–water partition coefficient (Wildman–Crippen LogP) is 3.27. The van der Waals surface area contributed by atoms with Gasteiger partial charge < -0.3 is 24.3 Å². The molecule has 0 radical (unpaired) electrons. The fourth-order valence-corrected chi connectivity index (χ4v) is 2.66. The molecule has 0 aliphatic carbocycles. The lowest BCUT2D eigenvalue weighted by Gasteiger charge is -2.15. The first kappa shape index (κ1) is 18.1. The second-order valence-electron chi connectivity index (χ2n) is 5.95. The summed E-state index contributed by atoms with van der Waals surface area (Å²) in [5, 5.41) is 2.82. The van der Waals surface area contributed by atoms with Crippen LogP contribution >= 0.6 is 0 Å². The minimum atomic E-state index is -0.256. The number of ether oxygens (including phenoxy) is 4. The molecule has 1 fully saturated rings. The number of hydrogen-bond acceptors (Lipinski definition) is 5. The number of anilines is 1. The summed E-state index contributed by atoms with van der Waals surface area (Å²) in [5.74, 6) is 1.71. The quantitative estimate of drug-likeness (QED) is 0.785. The molecule has 6 heteroatoms. The molecule has 2 aromatic rings. The van der Waals surface area contributed by atoms with Gasteiger partial charge in [0.1, 0.15) is 23.9 Å². The first-order valence-electron chi connectivity index (χ1n) is 8.65. The van der Waals surface area contributed by atoms with Crippen molar-refractivity contribution in [3.63, 3.8) is 0 Å². The van der Waals surface area contributed by atoms with Crippen molar-refractivity contribution >= 4 is 11.6 Å². The van der Waals surface area contributed by atoms with E-state index in [1.807, 2.05) is 18.2 Å². The second-order valence-corrected chi connectivity index (χ2v) is 5.95. The summed E-state index contributed by atoms with van der Waals surface area (Å²) in [6.07, 6.45) is 2.19. The van der Waals surface area contributed by atoms with Crippen molar-refractivity contribution in [1.29, 1.82) is 0 Å². The van der Waals surface area contributed by atoms with Crippen LogP contribution in [-0.4, -0.2) is 38.9 Å². The lowest BCUT2D eigenvalue weighted by Crippen LogP contribution is -2.21. The monoisotopic (exact) mass is 357 g/mol. The number of methoxy groups -OCH3 is 1. The van der Waals surface area contributed by atoms with Gasteiger partial charge >= 0.3 is 0 Å². The van der Waals surface area contributed by atoms with E-state index in [1.54, 1.807) is 37.4 Å². The molecule has 0 aromatic heterocycles. The van der Waals surface area contributed by atoms with Crippen molar-refractivity contribution in [2.24, 2.45) is 0 Å². The number of benzene rings is 2. The molecule has 138 valence electrons. The molecule has 2 aromatic carbocycles. The molecule has 6 nitrogen and oxygen atoms in total. The summed E-state index contributed by atoms with van der Waals surface area (Å²) >= 11 is 0. The van der Waals surface area contributed by atoms with Crippen molar-refractivity contribution in [1.82, 2.24) is 0 Å². The van der Waals surface area contributed by atoms with Gasteiger partial charge in [-0.25, -0.2) is 0 Å². The van der Waals surface area contributed by atoms with Gasteiger partial charge in [0.15, 0.2) is 6.61 Å². The van der Waals surface area contributed by atoms with Crippen molar-refractivity contribution in [3.8, 4) is 17.2 Å². The minimum Gasteiger partial charge on any atom is -0.497 e. The normalized spacial score (nSPS) is 16.1. The van der Waals surface area contributed by atoms with Crippen LogP contribution in [0.4, 0.5) is 5.69 Å². The molecular formula is C20H23NO5. The molecule has 1 amide bonds. The van der Waals surface area contributed by atoms with Crippen LogP contribution in [0.3, 0.4) is 0 Å². The fraction of sp³-hybridized carbons (Fsp3) is 0.350. The number of carbonyl (C=O) groups is 1. The highest BCUT2D eigenvalue weighted by molar-refractivity contribution is 5.93. The maximum absolute atomic E-state index is 12.2. The highest BCUT2D eigenvalue weighted by Gasteiger charge is 2.17. The highest BCUT2D eigenvalue weighted by atomic mass is 16.5.